The van der Waals surface area contributed by atoms with Crippen LogP contribution in [0.3, 0.4) is 0 Å². The first-order valence-corrected chi connectivity index (χ1v) is 10.8. The number of nitrogens with zero attached hydrogens (tertiary/aromatic N) is 1. The topological polar surface area (TPSA) is 79.6 Å². The molecule has 1 atom stereocenters. The lowest BCUT2D eigenvalue weighted by Gasteiger charge is -2.33. The molecule has 6 nitrogen and oxygen atoms in total. The van der Waals surface area contributed by atoms with Crippen LogP contribution in [0.5, 0.6) is 0 Å². The average molecular weight is 376 g/mol. The van der Waals surface area contributed by atoms with Gasteiger partial charge in [0.15, 0.2) is 15.6 Å². The molecule has 0 bridgehead atoms. The summed E-state index contributed by atoms with van der Waals surface area (Å²) in [5.74, 6) is -0.0543. The number of amides is 1. The third-order valence-corrected chi connectivity index (χ3v) is 5.19. The van der Waals surface area contributed by atoms with E-state index in [9.17, 15) is 13.2 Å². The summed E-state index contributed by atoms with van der Waals surface area (Å²) in [7, 11) is -3.19. The number of carbonyl (C=O) groups is 1. The van der Waals surface area contributed by atoms with Crippen LogP contribution in [0.25, 0.3) is 0 Å². The Bertz CT molecular complexity index is 845. The number of hydrogen-bond acceptors (Lipinski definition) is 5. The smallest absolute Gasteiger partial charge is 0.287 e. The van der Waals surface area contributed by atoms with E-state index >= 15 is 0 Å². The molecular weight excluding hydrogens is 352 g/mol. The lowest BCUT2D eigenvalue weighted by molar-refractivity contribution is 0.0871. The van der Waals surface area contributed by atoms with Gasteiger partial charge in [-0.3, -0.25) is 9.69 Å². The minimum absolute atomic E-state index is 0.0587. The number of furan rings is 1. The molecule has 0 saturated carbocycles. The zero-order valence-electron chi connectivity index (χ0n) is 14.8. The van der Waals surface area contributed by atoms with Crippen molar-refractivity contribution in [3.05, 3.63) is 59.5 Å². The molecule has 2 heterocycles. The number of hydrogen-bond donors (Lipinski definition) is 1. The monoisotopic (exact) mass is 376 g/mol. The van der Waals surface area contributed by atoms with E-state index in [0.29, 0.717) is 0 Å². The van der Waals surface area contributed by atoms with Crippen LogP contribution in [-0.2, 0) is 22.1 Å². The van der Waals surface area contributed by atoms with E-state index in [4.69, 9.17) is 4.42 Å². The fraction of sp³-hybridized carbons (Fsp3) is 0.421. The zero-order valence-corrected chi connectivity index (χ0v) is 15.7. The first-order valence-electron chi connectivity index (χ1n) is 8.72. The molecule has 1 fully saturated rings. The van der Waals surface area contributed by atoms with Crippen molar-refractivity contribution in [1.82, 2.24) is 10.2 Å². The highest BCUT2D eigenvalue weighted by Gasteiger charge is 2.23. The van der Waals surface area contributed by atoms with Gasteiger partial charge in [-0.05, 0) is 37.1 Å². The molecule has 2 aromatic rings. The maximum absolute atomic E-state index is 12.4. The maximum Gasteiger partial charge on any atom is 0.287 e. The van der Waals surface area contributed by atoms with Crippen LogP contribution < -0.4 is 5.32 Å². The zero-order chi connectivity index (χ0) is 18.6. The third kappa shape index (κ3) is 5.44. The van der Waals surface area contributed by atoms with Gasteiger partial charge in [0.25, 0.3) is 5.91 Å². The van der Waals surface area contributed by atoms with E-state index in [0.717, 1.165) is 38.7 Å². The van der Waals surface area contributed by atoms with Crippen LogP contribution in [-0.4, -0.2) is 44.6 Å². The van der Waals surface area contributed by atoms with Gasteiger partial charge in [0, 0.05) is 25.4 Å². The molecule has 0 aliphatic carbocycles. The van der Waals surface area contributed by atoms with Crippen molar-refractivity contribution in [2.45, 2.75) is 31.2 Å². The third-order valence-electron chi connectivity index (χ3n) is 4.38. The highest BCUT2D eigenvalue weighted by molar-refractivity contribution is 7.89. The Kier molecular flexibility index (Phi) is 5.78. The molecule has 1 aliphatic rings. The summed E-state index contributed by atoms with van der Waals surface area (Å²) in [4.78, 5) is 14.7. The fourth-order valence-electron chi connectivity index (χ4n) is 3.25. The second kappa shape index (κ2) is 8.05. The van der Waals surface area contributed by atoms with E-state index in [-0.39, 0.29) is 29.2 Å². The van der Waals surface area contributed by atoms with Gasteiger partial charge in [-0.15, -0.1) is 0 Å². The summed E-state index contributed by atoms with van der Waals surface area (Å²) in [6.45, 7) is 2.67. The minimum atomic E-state index is -3.19. The summed E-state index contributed by atoms with van der Waals surface area (Å²) in [5, 5.41) is 3.00. The van der Waals surface area contributed by atoms with Crippen LogP contribution in [0.2, 0.25) is 0 Å². The van der Waals surface area contributed by atoms with Crippen molar-refractivity contribution < 1.29 is 17.6 Å². The SMILES string of the molecule is CS(=O)(=O)Cc1ccc(C(=O)NC2CCCN(Cc3ccccc3)C2)o1. The van der Waals surface area contributed by atoms with E-state index in [1.165, 1.54) is 11.6 Å². The lowest BCUT2D eigenvalue weighted by Crippen LogP contribution is -2.47. The second-order valence-electron chi connectivity index (χ2n) is 6.87. The van der Waals surface area contributed by atoms with Gasteiger partial charge in [-0.25, -0.2) is 8.42 Å². The summed E-state index contributed by atoms with van der Waals surface area (Å²) in [6, 6.07) is 13.4. The summed E-state index contributed by atoms with van der Waals surface area (Å²) in [5.41, 5.74) is 1.26. The highest BCUT2D eigenvalue weighted by atomic mass is 32.2. The molecule has 1 saturated heterocycles. The first kappa shape index (κ1) is 18.7. The molecular formula is C19H24N2O4S. The van der Waals surface area contributed by atoms with Crippen LogP contribution in [0.1, 0.15) is 34.7 Å². The van der Waals surface area contributed by atoms with Crippen LogP contribution in [0.15, 0.2) is 46.9 Å². The van der Waals surface area contributed by atoms with Gasteiger partial charge in [-0.2, -0.15) is 0 Å². The minimum Gasteiger partial charge on any atom is -0.455 e. The number of nitrogens with one attached hydrogen (secondary N) is 1. The molecule has 1 amide bonds. The molecule has 3 rings (SSSR count). The Morgan fingerprint density at radius 3 is 2.73 bits per heavy atom. The summed E-state index contributed by atoms with van der Waals surface area (Å²) in [6.07, 6.45) is 3.09. The largest absolute Gasteiger partial charge is 0.455 e. The molecule has 1 aliphatic heterocycles. The predicted octanol–water partition coefficient (Wildman–Crippen LogP) is 2.22. The van der Waals surface area contributed by atoms with Gasteiger partial charge < -0.3 is 9.73 Å². The number of sulfone groups is 1. The van der Waals surface area contributed by atoms with Crippen LogP contribution in [0.4, 0.5) is 0 Å². The lowest BCUT2D eigenvalue weighted by atomic mass is 10.0. The molecule has 1 N–H and O–H groups in total. The van der Waals surface area contributed by atoms with Crippen LogP contribution in [0, 0.1) is 0 Å². The van der Waals surface area contributed by atoms with Gasteiger partial charge in [-0.1, -0.05) is 30.3 Å². The number of likely N-dealkylation sites (tertiary alicyclic amines) is 1. The van der Waals surface area contributed by atoms with Crippen molar-refractivity contribution in [3.63, 3.8) is 0 Å². The number of rotatable bonds is 6. The van der Waals surface area contributed by atoms with Crippen molar-refractivity contribution in [1.29, 1.82) is 0 Å². The molecule has 1 aromatic heterocycles. The molecule has 0 spiro atoms. The number of carbonyl (C=O) groups excluding carboxylic acids is 1. The van der Waals surface area contributed by atoms with Gasteiger partial charge in [0.05, 0.1) is 0 Å². The predicted molar refractivity (Wildman–Crippen MR) is 99.5 cm³/mol. The first-order chi connectivity index (χ1) is 12.4. The van der Waals surface area contributed by atoms with Crippen molar-refractivity contribution >= 4 is 15.7 Å². The molecule has 0 radical (unpaired) electrons. The molecule has 140 valence electrons. The van der Waals surface area contributed by atoms with Crippen molar-refractivity contribution in [2.75, 3.05) is 19.3 Å². The Balaban J connectivity index is 1.55. The number of piperidine rings is 1. The normalized spacial score (nSPS) is 18.6. The van der Waals surface area contributed by atoms with Gasteiger partial charge in [0.1, 0.15) is 11.5 Å². The Labute approximate surface area is 154 Å². The van der Waals surface area contributed by atoms with E-state index in [2.05, 4.69) is 22.3 Å². The second-order valence-corrected chi connectivity index (χ2v) is 9.01. The van der Waals surface area contributed by atoms with Gasteiger partial charge >= 0.3 is 0 Å². The van der Waals surface area contributed by atoms with Gasteiger partial charge in [0.2, 0.25) is 0 Å². The maximum atomic E-state index is 12.4. The van der Waals surface area contributed by atoms with E-state index in [1.54, 1.807) is 6.07 Å². The average Bonchev–Trinajstić information content (AvgIpc) is 3.03. The van der Waals surface area contributed by atoms with E-state index < -0.39 is 9.84 Å². The standard InChI is InChI=1S/C19H24N2O4S/c1-26(23,24)14-17-9-10-18(25-17)19(22)20-16-8-5-11-21(13-16)12-15-6-3-2-4-7-15/h2-4,6-7,9-10,16H,5,8,11-14H2,1H3,(H,20,22). The Morgan fingerprint density at radius 1 is 1.23 bits per heavy atom. The quantitative estimate of drug-likeness (QED) is 0.836. The van der Waals surface area contributed by atoms with Crippen molar-refractivity contribution in [2.24, 2.45) is 0 Å². The number of benzene rings is 1. The summed E-state index contributed by atoms with van der Waals surface area (Å²) < 4.78 is 28.0. The Morgan fingerprint density at radius 2 is 2.00 bits per heavy atom. The highest BCUT2D eigenvalue weighted by Crippen LogP contribution is 2.16. The molecule has 1 aromatic carbocycles. The van der Waals surface area contributed by atoms with Crippen LogP contribution >= 0.6 is 0 Å². The van der Waals surface area contributed by atoms with Crippen molar-refractivity contribution in [3.8, 4) is 0 Å². The van der Waals surface area contributed by atoms with E-state index in [1.807, 2.05) is 18.2 Å². The molecule has 26 heavy (non-hydrogen) atoms. The fourth-order valence-corrected chi connectivity index (χ4v) is 3.92. The summed E-state index contributed by atoms with van der Waals surface area (Å²) >= 11 is 0. The molecule has 7 heteroatoms. The molecule has 1 unspecified atom stereocenters. The Hall–Kier alpha value is -2.12.